The first-order valence-corrected chi connectivity index (χ1v) is 7.75. The fourth-order valence-corrected chi connectivity index (χ4v) is 3.04. The van der Waals surface area contributed by atoms with Crippen molar-refractivity contribution in [2.75, 3.05) is 31.1 Å². The lowest BCUT2D eigenvalue weighted by atomic mass is 10.3. The number of hydrogen-bond donors (Lipinski definition) is 0. The van der Waals surface area contributed by atoms with Crippen LogP contribution in [-0.4, -0.2) is 51.5 Å². The van der Waals surface area contributed by atoms with Crippen molar-refractivity contribution < 1.29 is 9.32 Å². The minimum absolute atomic E-state index is 0.0956. The van der Waals surface area contributed by atoms with Crippen molar-refractivity contribution in [3.8, 4) is 0 Å². The molecule has 1 aliphatic heterocycles. The summed E-state index contributed by atoms with van der Waals surface area (Å²) in [6.07, 6.45) is 0.847. The van der Waals surface area contributed by atoms with Crippen molar-refractivity contribution in [1.82, 2.24) is 19.4 Å². The molecule has 0 aromatic carbocycles. The Bertz CT molecular complexity index is 630. The van der Waals surface area contributed by atoms with E-state index in [9.17, 15) is 4.79 Å². The molecular formula is C13H17N5O2S. The maximum Gasteiger partial charge on any atom is 0.292 e. The molecule has 0 aliphatic carbocycles. The van der Waals surface area contributed by atoms with Crippen molar-refractivity contribution >= 4 is 22.6 Å². The van der Waals surface area contributed by atoms with Crippen LogP contribution in [0.15, 0.2) is 10.6 Å². The molecule has 1 fully saturated rings. The number of aromatic nitrogens is 3. The van der Waals surface area contributed by atoms with Gasteiger partial charge in [-0.25, -0.2) is 4.98 Å². The number of carbonyl (C=O) groups is 1. The summed E-state index contributed by atoms with van der Waals surface area (Å²) < 4.78 is 9.33. The molecule has 0 spiro atoms. The molecule has 2 aromatic heterocycles. The van der Waals surface area contributed by atoms with E-state index in [1.54, 1.807) is 17.9 Å². The zero-order valence-corrected chi connectivity index (χ0v) is 12.9. The summed E-state index contributed by atoms with van der Waals surface area (Å²) in [6.45, 7) is 6.68. The molecule has 1 amide bonds. The third-order valence-electron chi connectivity index (χ3n) is 3.45. The number of nitrogens with zero attached hydrogens (tertiary/aromatic N) is 5. The maximum absolute atomic E-state index is 12.3. The predicted octanol–water partition coefficient (Wildman–Crippen LogP) is 1.36. The van der Waals surface area contributed by atoms with Gasteiger partial charge < -0.3 is 14.3 Å². The first-order chi connectivity index (χ1) is 10.2. The summed E-state index contributed by atoms with van der Waals surface area (Å²) in [5.41, 5.74) is 0.720. The first kappa shape index (κ1) is 14.0. The largest absolute Gasteiger partial charge is 0.351 e. The average Bonchev–Trinajstić information content (AvgIpc) is 3.15. The van der Waals surface area contributed by atoms with Crippen LogP contribution in [0.1, 0.15) is 29.0 Å². The van der Waals surface area contributed by atoms with E-state index in [0.717, 1.165) is 36.2 Å². The average molecular weight is 307 g/mol. The molecule has 2 aromatic rings. The number of piperazine rings is 1. The van der Waals surface area contributed by atoms with Gasteiger partial charge in [0.2, 0.25) is 10.9 Å². The summed E-state index contributed by atoms with van der Waals surface area (Å²) in [5, 5.41) is 4.70. The van der Waals surface area contributed by atoms with Crippen molar-refractivity contribution in [3.05, 3.63) is 23.3 Å². The van der Waals surface area contributed by atoms with E-state index in [1.165, 1.54) is 11.5 Å². The highest BCUT2D eigenvalue weighted by atomic mass is 32.1. The third kappa shape index (κ3) is 2.90. The van der Waals surface area contributed by atoms with Gasteiger partial charge in [-0.05, 0) is 6.92 Å². The number of hydrogen-bond acceptors (Lipinski definition) is 7. The molecule has 0 N–H and O–H groups in total. The normalized spacial score (nSPS) is 15.5. The quantitative estimate of drug-likeness (QED) is 0.852. The Morgan fingerprint density at radius 3 is 2.71 bits per heavy atom. The lowest BCUT2D eigenvalue weighted by Crippen LogP contribution is -2.48. The van der Waals surface area contributed by atoms with Crippen molar-refractivity contribution in [2.24, 2.45) is 0 Å². The molecule has 112 valence electrons. The van der Waals surface area contributed by atoms with Gasteiger partial charge in [0.05, 0.1) is 5.69 Å². The number of amides is 1. The first-order valence-electron chi connectivity index (χ1n) is 6.97. The second-order valence-electron chi connectivity index (χ2n) is 4.96. The molecule has 1 aliphatic rings. The van der Waals surface area contributed by atoms with Gasteiger partial charge in [-0.3, -0.25) is 4.79 Å². The van der Waals surface area contributed by atoms with Crippen LogP contribution in [0, 0.1) is 6.92 Å². The Balaban J connectivity index is 1.61. The molecular weight excluding hydrogens is 290 g/mol. The smallest absolute Gasteiger partial charge is 0.292 e. The zero-order valence-electron chi connectivity index (χ0n) is 12.1. The Kier molecular flexibility index (Phi) is 3.87. The van der Waals surface area contributed by atoms with Gasteiger partial charge in [0.25, 0.3) is 5.91 Å². The predicted molar refractivity (Wildman–Crippen MR) is 78.6 cm³/mol. The van der Waals surface area contributed by atoms with E-state index in [2.05, 4.69) is 19.4 Å². The number of aryl methyl sites for hydroxylation is 2. The van der Waals surface area contributed by atoms with Gasteiger partial charge in [0.1, 0.15) is 5.82 Å². The summed E-state index contributed by atoms with van der Waals surface area (Å²) in [4.78, 5) is 20.7. The fourth-order valence-electron chi connectivity index (χ4n) is 2.24. The van der Waals surface area contributed by atoms with Crippen LogP contribution in [0.5, 0.6) is 0 Å². The second kappa shape index (κ2) is 5.80. The number of carbonyl (C=O) groups excluding carboxylic acids is 1. The lowest BCUT2D eigenvalue weighted by Gasteiger charge is -2.33. The van der Waals surface area contributed by atoms with Crippen LogP contribution in [0.4, 0.5) is 5.13 Å². The standard InChI is InChI=1S/C13H17N5O2S/c1-3-11-14-13(21-16-11)18-6-4-17(5-7-18)12(19)10-8-9(2)15-20-10/h8H,3-7H2,1-2H3. The summed E-state index contributed by atoms with van der Waals surface area (Å²) in [6, 6.07) is 1.67. The lowest BCUT2D eigenvalue weighted by molar-refractivity contribution is 0.0704. The molecule has 0 atom stereocenters. The van der Waals surface area contributed by atoms with Gasteiger partial charge in [0, 0.05) is 50.2 Å². The van der Waals surface area contributed by atoms with Crippen LogP contribution >= 0.6 is 11.5 Å². The van der Waals surface area contributed by atoms with Crippen LogP contribution < -0.4 is 4.90 Å². The Labute approximate surface area is 126 Å². The topological polar surface area (TPSA) is 75.4 Å². The molecule has 3 heterocycles. The van der Waals surface area contributed by atoms with Gasteiger partial charge in [0.15, 0.2) is 0 Å². The number of rotatable bonds is 3. The highest BCUT2D eigenvalue weighted by molar-refractivity contribution is 7.09. The minimum atomic E-state index is -0.0956. The Morgan fingerprint density at radius 1 is 1.38 bits per heavy atom. The van der Waals surface area contributed by atoms with Gasteiger partial charge in [-0.1, -0.05) is 12.1 Å². The maximum atomic E-state index is 12.3. The molecule has 0 saturated carbocycles. The summed E-state index contributed by atoms with van der Waals surface area (Å²) in [7, 11) is 0. The fraction of sp³-hybridized carbons (Fsp3) is 0.538. The van der Waals surface area contributed by atoms with Crippen molar-refractivity contribution in [3.63, 3.8) is 0 Å². The van der Waals surface area contributed by atoms with E-state index >= 15 is 0 Å². The molecule has 1 saturated heterocycles. The summed E-state index contributed by atoms with van der Waals surface area (Å²) in [5.74, 6) is 1.09. The molecule has 3 rings (SSSR count). The van der Waals surface area contributed by atoms with Crippen LogP contribution in [-0.2, 0) is 6.42 Å². The van der Waals surface area contributed by atoms with Crippen molar-refractivity contribution in [1.29, 1.82) is 0 Å². The monoisotopic (exact) mass is 307 g/mol. The Hall–Kier alpha value is -1.96. The highest BCUT2D eigenvalue weighted by Gasteiger charge is 2.26. The van der Waals surface area contributed by atoms with E-state index in [-0.39, 0.29) is 5.91 Å². The van der Waals surface area contributed by atoms with Gasteiger partial charge in [-0.15, -0.1) is 0 Å². The Morgan fingerprint density at radius 2 is 2.14 bits per heavy atom. The number of anilines is 1. The van der Waals surface area contributed by atoms with Crippen LogP contribution in [0.25, 0.3) is 0 Å². The highest BCUT2D eigenvalue weighted by Crippen LogP contribution is 2.20. The second-order valence-corrected chi connectivity index (χ2v) is 5.69. The SMILES string of the molecule is CCc1nsc(N2CCN(C(=O)c3cc(C)no3)CC2)n1. The van der Waals surface area contributed by atoms with Gasteiger partial charge in [-0.2, -0.15) is 4.37 Å². The summed E-state index contributed by atoms with van der Waals surface area (Å²) >= 11 is 1.42. The molecule has 8 heteroatoms. The third-order valence-corrected chi connectivity index (χ3v) is 4.26. The van der Waals surface area contributed by atoms with Crippen LogP contribution in [0.2, 0.25) is 0 Å². The molecule has 0 radical (unpaired) electrons. The molecule has 7 nitrogen and oxygen atoms in total. The van der Waals surface area contributed by atoms with Gasteiger partial charge >= 0.3 is 0 Å². The van der Waals surface area contributed by atoms with E-state index < -0.39 is 0 Å². The van der Waals surface area contributed by atoms with E-state index in [0.29, 0.717) is 18.8 Å². The van der Waals surface area contributed by atoms with E-state index in [4.69, 9.17) is 4.52 Å². The van der Waals surface area contributed by atoms with Crippen molar-refractivity contribution in [2.45, 2.75) is 20.3 Å². The zero-order chi connectivity index (χ0) is 14.8. The molecule has 0 unspecified atom stereocenters. The van der Waals surface area contributed by atoms with Crippen LogP contribution in [0.3, 0.4) is 0 Å². The minimum Gasteiger partial charge on any atom is -0.351 e. The molecule has 0 bridgehead atoms. The van der Waals surface area contributed by atoms with E-state index in [1.807, 2.05) is 6.92 Å². The molecule has 21 heavy (non-hydrogen) atoms.